The Morgan fingerprint density at radius 2 is 2.00 bits per heavy atom. The van der Waals surface area contributed by atoms with Crippen molar-refractivity contribution in [2.75, 3.05) is 31.4 Å². The van der Waals surface area contributed by atoms with Crippen molar-refractivity contribution in [1.82, 2.24) is 15.0 Å². The smallest absolute Gasteiger partial charge is 0.323 e. The molecular formula is C11H21N5O. The molecule has 1 unspecified atom stereocenters. The topological polar surface area (TPSA) is 63.2 Å². The molecule has 1 N–H and O–H groups in total. The molecule has 1 heterocycles. The number of ether oxygens (including phenoxy) is 1. The molecule has 0 amide bonds. The minimum atomic E-state index is 0.113. The molecule has 1 rings (SSSR count). The fraction of sp³-hybridized carbons (Fsp3) is 0.727. The first-order chi connectivity index (χ1) is 8.06. The van der Waals surface area contributed by atoms with E-state index in [1.54, 1.807) is 7.05 Å². The van der Waals surface area contributed by atoms with Gasteiger partial charge in [-0.15, -0.1) is 0 Å². The van der Waals surface area contributed by atoms with Crippen LogP contribution in [-0.2, 0) is 0 Å². The number of hydrogen-bond donors (Lipinski definition) is 1. The highest BCUT2D eigenvalue weighted by molar-refractivity contribution is 5.36. The van der Waals surface area contributed by atoms with Gasteiger partial charge in [-0.25, -0.2) is 0 Å². The van der Waals surface area contributed by atoms with Gasteiger partial charge in [-0.05, 0) is 13.3 Å². The van der Waals surface area contributed by atoms with Gasteiger partial charge in [0.2, 0.25) is 11.9 Å². The van der Waals surface area contributed by atoms with E-state index in [4.69, 9.17) is 4.74 Å². The Bertz CT molecular complexity index is 356. The van der Waals surface area contributed by atoms with Crippen LogP contribution < -0.4 is 15.0 Å². The lowest BCUT2D eigenvalue weighted by molar-refractivity contribution is 0.192. The molecule has 0 radical (unpaired) electrons. The van der Waals surface area contributed by atoms with Gasteiger partial charge >= 0.3 is 6.01 Å². The van der Waals surface area contributed by atoms with Crippen LogP contribution in [-0.4, -0.2) is 42.2 Å². The van der Waals surface area contributed by atoms with Gasteiger partial charge in [0, 0.05) is 21.1 Å². The minimum Gasteiger partial charge on any atom is -0.460 e. The van der Waals surface area contributed by atoms with E-state index in [0.29, 0.717) is 17.9 Å². The van der Waals surface area contributed by atoms with Crippen LogP contribution in [0.4, 0.5) is 11.9 Å². The van der Waals surface area contributed by atoms with Crippen LogP contribution in [0.1, 0.15) is 26.7 Å². The predicted molar refractivity (Wildman–Crippen MR) is 68.7 cm³/mol. The highest BCUT2D eigenvalue weighted by atomic mass is 16.5. The number of nitrogens with zero attached hydrogens (tertiary/aromatic N) is 4. The van der Waals surface area contributed by atoms with E-state index in [1.165, 1.54) is 0 Å². The fourth-order valence-corrected chi connectivity index (χ4v) is 1.36. The van der Waals surface area contributed by atoms with E-state index >= 15 is 0 Å². The first kappa shape index (κ1) is 13.5. The maximum Gasteiger partial charge on any atom is 0.323 e. The zero-order chi connectivity index (χ0) is 12.8. The second kappa shape index (κ2) is 6.22. The Morgan fingerprint density at radius 3 is 2.53 bits per heavy atom. The summed E-state index contributed by atoms with van der Waals surface area (Å²) in [4.78, 5) is 14.5. The molecule has 0 aromatic carbocycles. The molecule has 0 spiro atoms. The molecule has 1 aromatic rings. The van der Waals surface area contributed by atoms with Gasteiger partial charge in [0.15, 0.2) is 0 Å². The summed E-state index contributed by atoms with van der Waals surface area (Å²) in [5, 5.41) is 2.90. The van der Waals surface area contributed by atoms with E-state index in [1.807, 2.05) is 25.9 Å². The number of nitrogens with one attached hydrogen (secondary N) is 1. The predicted octanol–water partition coefficient (Wildman–Crippen LogP) is 1.55. The molecule has 17 heavy (non-hydrogen) atoms. The molecule has 0 aliphatic heterocycles. The van der Waals surface area contributed by atoms with Crippen LogP contribution >= 0.6 is 0 Å². The van der Waals surface area contributed by atoms with Gasteiger partial charge < -0.3 is 15.0 Å². The second-order valence-corrected chi connectivity index (χ2v) is 4.10. The first-order valence-corrected chi connectivity index (χ1v) is 5.84. The Hall–Kier alpha value is -1.59. The van der Waals surface area contributed by atoms with Crippen LogP contribution in [0.5, 0.6) is 6.01 Å². The first-order valence-electron chi connectivity index (χ1n) is 5.84. The van der Waals surface area contributed by atoms with E-state index in [9.17, 15) is 0 Å². The zero-order valence-corrected chi connectivity index (χ0v) is 11.2. The van der Waals surface area contributed by atoms with Crippen molar-refractivity contribution in [3.05, 3.63) is 0 Å². The van der Waals surface area contributed by atoms with Crippen molar-refractivity contribution in [2.45, 2.75) is 32.8 Å². The summed E-state index contributed by atoms with van der Waals surface area (Å²) in [6, 6.07) is 0.369. The van der Waals surface area contributed by atoms with Gasteiger partial charge in [-0.2, -0.15) is 15.0 Å². The van der Waals surface area contributed by atoms with E-state index < -0.39 is 0 Å². The van der Waals surface area contributed by atoms with Crippen molar-refractivity contribution in [1.29, 1.82) is 0 Å². The number of aromatic nitrogens is 3. The lowest BCUT2D eigenvalue weighted by Crippen LogP contribution is -2.18. The maximum atomic E-state index is 5.66. The number of anilines is 2. The third-order valence-corrected chi connectivity index (χ3v) is 2.23. The van der Waals surface area contributed by atoms with Crippen LogP contribution in [0, 0.1) is 0 Å². The molecule has 0 saturated carbocycles. The van der Waals surface area contributed by atoms with Crippen molar-refractivity contribution < 1.29 is 4.74 Å². The van der Waals surface area contributed by atoms with Crippen molar-refractivity contribution in [3.8, 4) is 6.01 Å². The third kappa shape index (κ3) is 4.05. The average Bonchev–Trinajstić information content (AvgIpc) is 2.28. The highest BCUT2D eigenvalue weighted by Gasteiger charge is 2.10. The Balaban J connectivity index is 2.87. The van der Waals surface area contributed by atoms with Crippen LogP contribution in [0.3, 0.4) is 0 Å². The summed E-state index contributed by atoms with van der Waals surface area (Å²) in [6.07, 6.45) is 2.17. The molecular weight excluding hydrogens is 218 g/mol. The number of rotatable bonds is 6. The molecule has 1 aromatic heterocycles. The van der Waals surface area contributed by atoms with Gasteiger partial charge in [-0.1, -0.05) is 13.3 Å². The van der Waals surface area contributed by atoms with Crippen molar-refractivity contribution in [3.63, 3.8) is 0 Å². The molecule has 0 fully saturated rings. The molecule has 0 aliphatic rings. The minimum absolute atomic E-state index is 0.113. The monoisotopic (exact) mass is 239 g/mol. The van der Waals surface area contributed by atoms with Crippen molar-refractivity contribution in [2.24, 2.45) is 0 Å². The van der Waals surface area contributed by atoms with Crippen LogP contribution in [0.2, 0.25) is 0 Å². The van der Waals surface area contributed by atoms with Crippen molar-refractivity contribution >= 4 is 11.9 Å². The lowest BCUT2D eigenvalue weighted by Gasteiger charge is -2.15. The van der Waals surface area contributed by atoms with E-state index in [2.05, 4.69) is 27.2 Å². The summed E-state index contributed by atoms with van der Waals surface area (Å²) in [6.45, 7) is 4.14. The SMILES string of the molecule is CCCC(C)Oc1nc(NC)nc(N(C)C)n1. The molecule has 96 valence electrons. The van der Waals surface area contributed by atoms with Crippen LogP contribution in [0.25, 0.3) is 0 Å². The van der Waals surface area contributed by atoms with Gasteiger partial charge in [0.1, 0.15) is 0 Å². The zero-order valence-electron chi connectivity index (χ0n) is 11.2. The molecule has 1 atom stereocenters. The van der Waals surface area contributed by atoms with E-state index in [0.717, 1.165) is 12.8 Å². The summed E-state index contributed by atoms with van der Waals surface area (Å²) in [7, 11) is 5.54. The highest BCUT2D eigenvalue weighted by Crippen LogP contribution is 2.14. The molecule has 6 heteroatoms. The quantitative estimate of drug-likeness (QED) is 0.812. The summed E-state index contributed by atoms with van der Waals surface area (Å²) in [5.41, 5.74) is 0. The normalized spacial score (nSPS) is 12.1. The van der Waals surface area contributed by atoms with E-state index in [-0.39, 0.29) is 6.10 Å². The average molecular weight is 239 g/mol. The maximum absolute atomic E-state index is 5.66. The Morgan fingerprint density at radius 1 is 1.29 bits per heavy atom. The molecule has 0 aliphatic carbocycles. The Labute approximate surface area is 102 Å². The Kier molecular flexibility index (Phi) is 4.93. The number of hydrogen-bond acceptors (Lipinski definition) is 6. The van der Waals surface area contributed by atoms with Crippen LogP contribution in [0.15, 0.2) is 0 Å². The third-order valence-electron chi connectivity index (χ3n) is 2.23. The fourth-order valence-electron chi connectivity index (χ4n) is 1.36. The largest absolute Gasteiger partial charge is 0.460 e. The standard InChI is InChI=1S/C11H21N5O/c1-6-7-8(2)17-11-14-9(12-3)13-10(15-11)16(4)5/h8H,6-7H2,1-5H3,(H,12,13,14,15). The second-order valence-electron chi connectivity index (χ2n) is 4.10. The lowest BCUT2D eigenvalue weighted by atomic mass is 10.2. The summed E-state index contributed by atoms with van der Waals surface area (Å²) < 4.78 is 5.66. The van der Waals surface area contributed by atoms with Gasteiger partial charge in [-0.3, -0.25) is 0 Å². The van der Waals surface area contributed by atoms with Gasteiger partial charge in [0.05, 0.1) is 6.10 Å². The molecule has 0 bridgehead atoms. The summed E-state index contributed by atoms with van der Waals surface area (Å²) >= 11 is 0. The summed E-state index contributed by atoms with van der Waals surface area (Å²) in [5.74, 6) is 1.10. The molecule has 6 nitrogen and oxygen atoms in total. The molecule has 0 saturated heterocycles. The van der Waals surface area contributed by atoms with Gasteiger partial charge in [0.25, 0.3) is 0 Å².